The minimum absolute atomic E-state index is 0.0267. The lowest BCUT2D eigenvalue weighted by atomic mass is 10.0. The SMILES string of the molecule is CC(C)NC(=O)N(C)C[C@H]1Oc2ccc(NS(=O)(=O)c3ccccc3)cc2CC(=O)N([C@@H](C)CO)C[C@@H]1C. The Balaban J connectivity index is 1.95. The van der Waals surface area contributed by atoms with Gasteiger partial charge in [0.25, 0.3) is 10.0 Å². The number of carbonyl (C=O) groups is 2. The van der Waals surface area contributed by atoms with Crippen LogP contribution in [0.3, 0.4) is 0 Å². The number of likely N-dealkylation sites (N-methyl/N-ethyl adjacent to an activating group) is 1. The number of fused-ring (bicyclic) bond motifs is 1. The van der Waals surface area contributed by atoms with Crippen LogP contribution in [0.25, 0.3) is 0 Å². The van der Waals surface area contributed by atoms with Crippen LogP contribution in [0, 0.1) is 5.92 Å². The first-order valence-electron chi connectivity index (χ1n) is 12.7. The summed E-state index contributed by atoms with van der Waals surface area (Å²) in [6.45, 7) is 7.85. The third kappa shape index (κ3) is 7.38. The van der Waals surface area contributed by atoms with Gasteiger partial charge in [-0.05, 0) is 51.1 Å². The third-order valence-corrected chi connectivity index (χ3v) is 7.83. The molecule has 0 radical (unpaired) electrons. The molecule has 0 aliphatic carbocycles. The van der Waals surface area contributed by atoms with E-state index in [4.69, 9.17) is 4.74 Å². The van der Waals surface area contributed by atoms with Gasteiger partial charge in [0.1, 0.15) is 11.9 Å². The molecule has 0 saturated heterocycles. The smallest absolute Gasteiger partial charge is 0.317 e. The monoisotopic (exact) mass is 546 g/mol. The Hall–Kier alpha value is -3.31. The van der Waals surface area contributed by atoms with Crippen LogP contribution in [-0.2, 0) is 21.2 Å². The number of hydrogen-bond donors (Lipinski definition) is 3. The van der Waals surface area contributed by atoms with Crippen molar-refractivity contribution in [3.05, 3.63) is 54.1 Å². The molecule has 1 aliphatic rings. The summed E-state index contributed by atoms with van der Waals surface area (Å²) in [7, 11) is -2.15. The molecule has 1 aliphatic heterocycles. The lowest BCUT2D eigenvalue weighted by Gasteiger charge is -2.34. The number of aliphatic hydroxyl groups is 1. The zero-order valence-corrected chi connectivity index (χ0v) is 23.4. The van der Waals surface area contributed by atoms with E-state index in [0.717, 1.165) is 0 Å². The second-order valence-corrected chi connectivity index (χ2v) is 11.8. The van der Waals surface area contributed by atoms with Crippen LogP contribution < -0.4 is 14.8 Å². The predicted molar refractivity (Wildman–Crippen MR) is 146 cm³/mol. The molecule has 0 saturated carbocycles. The Kier molecular flexibility index (Phi) is 9.61. The minimum Gasteiger partial charge on any atom is -0.488 e. The van der Waals surface area contributed by atoms with Crippen molar-refractivity contribution in [3.8, 4) is 5.75 Å². The highest BCUT2D eigenvalue weighted by Gasteiger charge is 2.32. The van der Waals surface area contributed by atoms with Crippen LogP contribution in [0.2, 0.25) is 0 Å². The van der Waals surface area contributed by atoms with Crippen molar-refractivity contribution in [3.63, 3.8) is 0 Å². The first-order valence-corrected chi connectivity index (χ1v) is 14.2. The Morgan fingerprint density at radius 1 is 1.18 bits per heavy atom. The summed E-state index contributed by atoms with van der Waals surface area (Å²) in [6, 6.07) is 12.2. The van der Waals surface area contributed by atoms with Crippen molar-refractivity contribution >= 4 is 27.6 Å². The number of carbonyl (C=O) groups excluding carboxylic acids is 2. The average molecular weight is 547 g/mol. The fourth-order valence-corrected chi connectivity index (χ4v) is 5.31. The van der Waals surface area contributed by atoms with Crippen LogP contribution in [0.5, 0.6) is 5.75 Å². The van der Waals surface area contributed by atoms with E-state index in [9.17, 15) is 23.1 Å². The summed E-state index contributed by atoms with van der Waals surface area (Å²) in [4.78, 5) is 29.2. The molecule has 0 spiro atoms. The minimum atomic E-state index is -3.83. The maximum absolute atomic E-state index is 13.4. The van der Waals surface area contributed by atoms with Crippen molar-refractivity contribution in [2.75, 3.05) is 31.5 Å². The van der Waals surface area contributed by atoms with Crippen LogP contribution in [0.15, 0.2) is 53.4 Å². The molecule has 38 heavy (non-hydrogen) atoms. The topological polar surface area (TPSA) is 128 Å². The predicted octanol–water partition coefficient (Wildman–Crippen LogP) is 2.69. The number of aliphatic hydroxyl groups excluding tert-OH is 1. The number of sulfonamides is 1. The van der Waals surface area contributed by atoms with Gasteiger partial charge >= 0.3 is 6.03 Å². The van der Waals surface area contributed by atoms with Gasteiger partial charge < -0.3 is 25.0 Å². The molecule has 1 heterocycles. The summed E-state index contributed by atoms with van der Waals surface area (Å²) in [6.07, 6.45) is -0.508. The molecule has 0 fully saturated rings. The molecule has 3 atom stereocenters. The first-order chi connectivity index (χ1) is 17.9. The van der Waals surface area contributed by atoms with Gasteiger partial charge in [-0.25, -0.2) is 13.2 Å². The number of rotatable bonds is 8. The van der Waals surface area contributed by atoms with Crippen molar-refractivity contribution < 1.29 is 27.9 Å². The molecule has 0 unspecified atom stereocenters. The molecule has 11 heteroatoms. The van der Waals surface area contributed by atoms with E-state index in [1.165, 1.54) is 12.1 Å². The van der Waals surface area contributed by atoms with Crippen molar-refractivity contribution in [1.82, 2.24) is 15.1 Å². The first kappa shape index (κ1) is 29.2. The van der Waals surface area contributed by atoms with E-state index < -0.39 is 22.2 Å². The van der Waals surface area contributed by atoms with Crippen LogP contribution in [0.1, 0.15) is 33.3 Å². The Bertz CT molecular complexity index is 1220. The molecule has 0 aromatic heterocycles. The maximum Gasteiger partial charge on any atom is 0.317 e. The normalized spacial score (nSPS) is 18.9. The van der Waals surface area contributed by atoms with Crippen molar-refractivity contribution in [1.29, 1.82) is 0 Å². The van der Waals surface area contributed by atoms with Gasteiger partial charge in [-0.3, -0.25) is 9.52 Å². The summed E-state index contributed by atoms with van der Waals surface area (Å²) < 4.78 is 34.7. The summed E-state index contributed by atoms with van der Waals surface area (Å²) >= 11 is 0. The van der Waals surface area contributed by atoms with Gasteiger partial charge in [0, 0.05) is 36.8 Å². The molecule has 3 rings (SSSR count). The Morgan fingerprint density at radius 3 is 2.50 bits per heavy atom. The van der Waals surface area contributed by atoms with Gasteiger partial charge in [-0.15, -0.1) is 0 Å². The second-order valence-electron chi connectivity index (χ2n) is 10.1. The van der Waals surface area contributed by atoms with E-state index in [1.807, 2.05) is 20.8 Å². The number of urea groups is 1. The highest BCUT2D eigenvalue weighted by Crippen LogP contribution is 2.30. The van der Waals surface area contributed by atoms with E-state index in [1.54, 1.807) is 60.2 Å². The molecule has 3 N–H and O–H groups in total. The van der Waals surface area contributed by atoms with E-state index >= 15 is 0 Å². The molecule has 2 aromatic rings. The lowest BCUT2D eigenvalue weighted by molar-refractivity contribution is -0.134. The standard InChI is InChI=1S/C27H38N4O6S/c1-18(2)28-27(34)30(5)16-25-19(3)15-31(20(4)17-32)26(33)14-21-13-22(11-12-24(21)37-25)29-38(35,36)23-9-7-6-8-10-23/h6-13,18-20,25,29,32H,14-17H2,1-5H3,(H,28,34)/t19-,20-,25+/m0/s1. The number of nitrogens with zero attached hydrogens (tertiary/aromatic N) is 2. The zero-order chi connectivity index (χ0) is 28.0. The number of ether oxygens (including phenoxy) is 1. The van der Waals surface area contributed by atoms with Gasteiger partial charge in [0.05, 0.1) is 30.5 Å². The van der Waals surface area contributed by atoms with Crippen LogP contribution in [0.4, 0.5) is 10.5 Å². The largest absolute Gasteiger partial charge is 0.488 e. The van der Waals surface area contributed by atoms with Crippen LogP contribution >= 0.6 is 0 Å². The lowest BCUT2D eigenvalue weighted by Crippen LogP contribution is -2.49. The van der Waals surface area contributed by atoms with Crippen molar-refractivity contribution in [2.45, 2.75) is 57.2 Å². The number of benzene rings is 2. The number of hydrogen-bond acceptors (Lipinski definition) is 6. The average Bonchev–Trinajstić information content (AvgIpc) is 2.91. The van der Waals surface area contributed by atoms with Gasteiger partial charge in [-0.2, -0.15) is 0 Å². The summed E-state index contributed by atoms with van der Waals surface area (Å²) in [5, 5.41) is 12.7. The van der Waals surface area contributed by atoms with Gasteiger partial charge in [0.15, 0.2) is 0 Å². The van der Waals surface area contributed by atoms with E-state index in [-0.39, 0.29) is 48.4 Å². The Labute approximate surface area is 225 Å². The molecule has 0 bridgehead atoms. The summed E-state index contributed by atoms with van der Waals surface area (Å²) in [5.74, 6) is 0.0522. The number of amides is 3. The zero-order valence-electron chi connectivity index (χ0n) is 22.5. The quantitative estimate of drug-likeness (QED) is 0.467. The highest BCUT2D eigenvalue weighted by atomic mass is 32.2. The molecule has 10 nitrogen and oxygen atoms in total. The third-order valence-electron chi connectivity index (χ3n) is 6.43. The number of nitrogens with one attached hydrogen (secondary N) is 2. The number of anilines is 1. The van der Waals surface area contributed by atoms with Crippen LogP contribution in [-0.4, -0.2) is 80.2 Å². The van der Waals surface area contributed by atoms with Crippen molar-refractivity contribution in [2.24, 2.45) is 5.92 Å². The second kappa shape index (κ2) is 12.5. The maximum atomic E-state index is 13.4. The molecule has 2 aromatic carbocycles. The summed E-state index contributed by atoms with van der Waals surface area (Å²) in [5.41, 5.74) is 0.801. The fraction of sp³-hybridized carbons (Fsp3) is 0.481. The van der Waals surface area contributed by atoms with E-state index in [2.05, 4.69) is 10.0 Å². The molecule has 208 valence electrons. The van der Waals surface area contributed by atoms with E-state index in [0.29, 0.717) is 23.5 Å². The molecular formula is C27H38N4O6S. The fourth-order valence-electron chi connectivity index (χ4n) is 4.23. The Morgan fingerprint density at radius 2 is 1.87 bits per heavy atom. The van der Waals surface area contributed by atoms with Gasteiger partial charge in [-0.1, -0.05) is 25.1 Å². The molecular weight excluding hydrogens is 508 g/mol. The highest BCUT2D eigenvalue weighted by molar-refractivity contribution is 7.92. The van der Waals surface area contributed by atoms with Gasteiger partial charge in [0.2, 0.25) is 5.91 Å². The molecule has 3 amide bonds.